The molecule has 3 heterocycles. The molecule has 2 aliphatic rings. The fraction of sp³-hybridized carbons (Fsp3) is 0.737. The zero-order chi connectivity index (χ0) is 17.0. The number of aromatic nitrogens is 1. The molecule has 1 aromatic rings. The minimum atomic E-state index is -0.189. The quantitative estimate of drug-likeness (QED) is 0.827. The van der Waals surface area contributed by atoms with Gasteiger partial charge in [0, 0.05) is 45.3 Å². The van der Waals surface area contributed by atoms with Crippen LogP contribution in [0, 0.1) is 5.82 Å². The van der Waals surface area contributed by atoms with Gasteiger partial charge in [0.2, 0.25) is 0 Å². The Balaban J connectivity index is 1.51. The summed E-state index contributed by atoms with van der Waals surface area (Å²) in [6.07, 6.45) is 6.01. The van der Waals surface area contributed by atoms with E-state index in [1.54, 1.807) is 12.3 Å². The van der Waals surface area contributed by atoms with Gasteiger partial charge in [-0.25, -0.2) is 4.39 Å². The maximum absolute atomic E-state index is 13.7. The number of likely N-dealkylation sites (tertiary alicyclic amines) is 1. The molecular formula is C19H30FN3O. The summed E-state index contributed by atoms with van der Waals surface area (Å²) < 4.78 is 20.1. The van der Waals surface area contributed by atoms with Gasteiger partial charge in [0.05, 0.1) is 17.4 Å². The molecule has 1 spiro atoms. The Kier molecular flexibility index (Phi) is 5.85. The molecule has 1 atom stereocenters. The third kappa shape index (κ3) is 4.32. The lowest BCUT2D eigenvalue weighted by Gasteiger charge is -2.49. The SMILES string of the molecule is CCCN1CC(C)OC2(CCN(CCc3ncccc3F)CC2)C1. The van der Waals surface area contributed by atoms with Gasteiger partial charge in [0.1, 0.15) is 5.82 Å². The van der Waals surface area contributed by atoms with E-state index in [-0.39, 0.29) is 11.4 Å². The molecule has 2 fully saturated rings. The molecule has 1 unspecified atom stereocenters. The topological polar surface area (TPSA) is 28.6 Å². The van der Waals surface area contributed by atoms with Crippen molar-refractivity contribution in [1.82, 2.24) is 14.8 Å². The van der Waals surface area contributed by atoms with E-state index in [0.29, 0.717) is 18.2 Å². The number of hydrogen-bond donors (Lipinski definition) is 0. The highest BCUT2D eigenvalue weighted by molar-refractivity contribution is 5.07. The van der Waals surface area contributed by atoms with Crippen molar-refractivity contribution in [1.29, 1.82) is 0 Å². The van der Waals surface area contributed by atoms with E-state index in [1.165, 1.54) is 12.5 Å². The van der Waals surface area contributed by atoms with Crippen molar-refractivity contribution < 1.29 is 9.13 Å². The maximum atomic E-state index is 13.7. The highest BCUT2D eigenvalue weighted by Gasteiger charge is 2.41. The number of piperidine rings is 1. The largest absolute Gasteiger partial charge is 0.369 e. The molecule has 134 valence electrons. The van der Waals surface area contributed by atoms with Crippen molar-refractivity contribution in [3.63, 3.8) is 0 Å². The van der Waals surface area contributed by atoms with Crippen LogP contribution in [0.2, 0.25) is 0 Å². The number of rotatable bonds is 5. The number of nitrogens with zero attached hydrogens (tertiary/aromatic N) is 3. The van der Waals surface area contributed by atoms with Gasteiger partial charge >= 0.3 is 0 Å². The van der Waals surface area contributed by atoms with Gasteiger partial charge in [-0.3, -0.25) is 9.88 Å². The van der Waals surface area contributed by atoms with Crippen LogP contribution in [0.5, 0.6) is 0 Å². The fourth-order valence-electron chi connectivity index (χ4n) is 4.15. The van der Waals surface area contributed by atoms with Gasteiger partial charge < -0.3 is 9.64 Å². The van der Waals surface area contributed by atoms with Gasteiger partial charge in [-0.1, -0.05) is 6.92 Å². The van der Waals surface area contributed by atoms with Crippen LogP contribution in [0.4, 0.5) is 4.39 Å². The minimum Gasteiger partial charge on any atom is -0.369 e. The average molecular weight is 335 g/mol. The van der Waals surface area contributed by atoms with E-state index in [4.69, 9.17) is 4.74 Å². The number of pyridine rings is 1. The van der Waals surface area contributed by atoms with Crippen LogP contribution < -0.4 is 0 Å². The average Bonchev–Trinajstić information content (AvgIpc) is 2.55. The van der Waals surface area contributed by atoms with Crippen molar-refractivity contribution in [2.24, 2.45) is 0 Å². The van der Waals surface area contributed by atoms with Crippen LogP contribution in [-0.2, 0) is 11.2 Å². The van der Waals surface area contributed by atoms with Crippen molar-refractivity contribution >= 4 is 0 Å². The first-order valence-electron chi connectivity index (χ1n) is 9.32. The second kappa shape index (κ2) is 7.89. The molecule has 0 amide bonds. The van der Waals surface area contributed by atoms with E-state index >= 15 is 0 Å². The first kappa shape index (κ1) is 17.8. The summed E-state index contributed by atoms with van der Waals surface area (Å²) in [5.41, 5.74) is 0.606. The first-order chi connectivity index (χ1) is 11.6. The van der Waals surface area contributed by atoms with E-state index in [2.05, 4.69) is 28.6 Å². The number of halogens is 1. The Hall–Kier alpha value is -1.04. The molecular weight excluding hydrogens is 305 g/mol. The zero-order valence-electron chi connectivity index (χ0n) is 15.0. The summed E-state index contributed by atoms with van der Waals surface area (Å²) in [4.78, 5) is 9.14. The highest BCUT2D eigenvalue weighted by Crippen LogP contribution is 2.32. The van der Waals surface area contributed by atoms with Gasteiger partial charge in [-0.2, -0.15) is 0 Å². The molecule has 2 aliphatic heterocycles. The summed E-state index contributed by atoms with van der Waals surface area (Å²) >= 11 is 0. The van der Waals surface area contributed by atoms with Crippen molar-refractivity contribution in [2.45, 2.75) is 51.2 Å². The van der Waals surface area contributed by atoms with E-state index in [0.717, 1.165) is 52.1 Å². The molecule has 0 aromatic carbocycles. The van der Waals surface area contributed by atoms with Gasteiger partial charge in [-0.05, 0) is 44.9 Å². The molecule has 5 heteroatoms. The molecule has 0 aliphatic carbocycles. The predicted octanol–water partition coefficient (Wildman–Crippen LogP) is 2.73. The Morgan fingerprint density at radius 1 is 1.29 bits per heavy atom. The fourth-order valence-corrected chi connectivity index (χ4v) is 4.15. The summed E-state index contributed by atoms with van der Waals surface area (Å²) in [6, 6.07) is 3.14. The van der Waals surface area contributed by atoms with Crippen molar-refractivity contribution in [3.8, 4) is 0 Å². The standard InChI is InChI=1S/C19H30FN3O/c1-3-10-23-14-16(2)24-19(15-23)7-12-22(13-8-19)11-6-18-17(20)5-4-9-21-18/h4-5,9,16H,3,6-8,10-15H2,1-2H3. The summed E-state index contributed by atoms with van der Waals surface area (Å²) in [5.74, 6) is -0.189. The summed E-state index contributed by atoms with van der Waals surface area (Å²) in [6.45, 7) is 10.6. The smallest absolute Gasteiger partial charge is 0.144 e. The predicted molar refractivity (Wildman–Crippen MR) is 93.6 cm³/mol. The molecule has 24 heavy (non-hydrogen) atoms. The summed E-state index contributed by atoms with van der Waals surface area (Å²) in [7, 11) is 0. The van der Waals surface area contributed by atoms with E-state index in [9.17, 15) is 4.39 Å². The molecule has 0 radical (unpaired) electrons. The van der Waals surface area contributed by atoms with E-state index < -0.39 is 0 Å². The lowest BCUT2D eigenvalue weighted by atomic mass is 9.88. The van der Waals surface area contributed by atoms with Gasteiger partial charge in [-0.15, -0.1) is 0 Å². The second-order valence-corrected chi connectivity index (χ2v) is 7.37. The van der Waals surface area contributed by atoms with Crippen LogP contribution in [0.1, 0.15) is 38.8 Å². The van der Waals surface area contributed by atoms with Crippen molar-refractivity contribution in [3.05, 3.63) is 29.8 Å². The number of morpholine rings is 1. The summed E-state index contributed by atoms with van der Waals surface area (Å²) in [5, 5.41) is 0. The minimum absolute atomic E-state index is 0.0274. The van der Waals surface area contributed by atoms with Crippen LogP contribution in [0.3, 0.4) is 0 Å². The molecule has 3 rings (SSSR count). The van der Waals surface area contributed by atoms with Crippen LogP contribution in [0.15, 0.2) is 18.3 Å². The molecule has 1 aromatic heterocycles. The monoisotopic (exact) mass is 335 g/mol. The van der Waals surface area contributed by atoms with Gasteiger partial charge in [0.25, 0.3) is 0 Å². The zero-order valence-corrected chi connectivity index (χ0v) is 15.0. The lowest BCUT2D eigenvalue weighted by Crippen LogP contribution is -2.59. The number of hydrogen-bond acceptors (Lipinski definition) is 4. The Morgan fingerprint density at radius 3 is 2.79 bits per heavy atom. The van der Waals surface area contributed by atoms with Crippen LogP contribution in [0.25, 0.3) is 0 Å². The number of ether oxygens (including phenoxy) is 1. The highest BCUT2D eigenvalue weighted by atomic mass is 19.1. The van der Waals surface area contributed by atoms with Crippen LogP contribution >= 0.6 is 0 Å². The van der Waals surface area contributed by atoms with Crippen LogP contribution in [-0.4, -0.2) is 65.8 Å². The van der Waals surface area contributed by atoms with E-state index in [1.807, 2.05) is 0 Å². The maximum Gasteiger partial charge on any atom is 0.144 e. The first-order valence-corrected chi connectivity index (χ1v) is 9.32. The Bertz CT molecular complexity index is 531. The molecule has 0 bridgehead atoms. The van der Waals surface area contributed by atoms with Gasteiger partial charge in [0.15, 0.2) is 0 Å². The second-order valence-electron chi connectivity index (χ2n) is 7.37. The molecule has 0 N–H and O–H groups in total. The third-order valence-corrected chi connectivity index (χ3v) is 5.28. The molecule has 0 saturated carbocycles. The Morgan fingerprint density at radius 2 is 2.08 bits per heavy atom. The molecule has 2 saturated heterocycles. The molecule has 4 nitrogen and oxygen atoms in total. The lowest BCUT2D eigenvalue weighted by molar-refractivity contribution is -0.169. The normalized spacial score (nSPS) is 25.2. The Labute approximate surface area is 145 Å². The van der Waals surface area contributed by atoms with Crippen molar-refractivity contribution in [2.75, 3.05) is 39.3 Å². The third-order valence-electron chi connectivity index (χ3n) is 5.28.